The lowest BCUT2D eigenvalue weighted by Crippen LogP contribution is -2.45. The average molecular weight is 349 g/mol. The van der Waals surface area contributed by atoms with Crippen LogP contribution < -0.4 is 11.1 Å². The second kappa shape index (κ2) is 7.96. The van der Waals surface area contributed by atoms with E-state index in [9.17, 15) is 19.7 Å². The highest BCUT2D eigenvalue weighted by Gasteiger charge is 2.28. The Kier molecular flexibility index (Phi) is 5.95. The van der Waals surface area contributed by atoms with Crippen LogP contribution >= 0.6 is 0 Å². The first-order chi connectivity index (χ1) is 11.8. The van der Waals surface area contributed by atoms with Gasteiger partial charge in [0.25, 0.3) is 11.6 Å². The summed E-state index contributed by atoms with van der Waals surface area (Å²) in [7, 11) is 0. The molecule has 1 fully saturated rings. The lowest BCUT2D eigenvalue weighted by Gasteiger charge is -2.34. The van der Waals surface area contributed by atoms with Crippen molar-refractivity contribution in [3.05, 3.63) is 33.9 Å². The highest BCUT2D eigenvalue weighted by molar-refractivity contribution is 5.96. The molecule has 0 spiro atoms. The minimum Gasteiger partial charge on any atom is -0.452 e. The third-order valence-corrected chi connectivity index (χ3v) is 4.85. The van der Waals surface area contributed by atoms with Crippen molar-refractivity contribution in [1.29, 1.82) is 0 Å². The molecule has 3 unspecified atom stereocenters. The summed E-state index contributed by atoms with van der Waals surface area (Å²) in [6, 6.07) is 3.55. The number of rotatable bonds is 5. The Morgan fingerprint density at radius 2 is 2.08 bits per heavy atom. The SMILES string of the molecule is CC1CCCC(NC(=O)COC(=O)c2ccc([N+](=O)[O-])cc2N)C1C. The summed E-state index contributed by atoms with van der Waals surface area (Å²) in [6.45, 7) is 3.87. The largest absolute Gasteiger partial charge is 0.452 e. The number of non-ortho nitro benzene ring substituents is 1. The van der Waals surface area contributed by atoms with Crippen LogP contribution in [0.1, 0.15) is 43.5 Å². The van der Waals surface area contributed by atoms with Crippen molar-refractivity contribution in [3.8, 4) is 0 Å². The fourth-order valence-electron chi connectivity index (χ4n) is 3.09. The van der Waals surface area contributed by atoms with E-state index in [1.807, 2.05) is 0 Å². The minimum absolute atomic E-state index is 0.00180. The Hall–Kier alpha value is -2.64. The Morgan fingerprint density at radius 3 is 2.72 bits per heavy atom. The molecule has 0 bridgehead atoms. The maximum atomic E-state index is 12.0. The van der Waals surface area contributed by atoms with Gasteiger partial charge < -0.3 is 15.8 Å². The molecule has 0 saturated heterocycles. The maximum absolute atomic E-state index is 12.0. The zero-order valence-corrected chi connectivity index (χ0v) is 14.4. The number of carbonyl (C=O) groups is 2. The molecule has 1 aliphatic carbocycles. The number of hydrogen-bond donors (Lipinski definition) is 2. The second-order valence-electron chi connectivity index (χ2n) is 6.55. The molecule has 3 atom stereocenters. The molecule has 0 aliphatic heterocycles. The number of hydrogen-bond acceptors (Lipinski definition) is 6. The fraction of sp³-hybridized carbons (Fsp3) is 0.529. The maximum Gasteiger partial charge on any atom is 0.340 e. The van der Waals surface area contributed by atoms with E-state index in [4.69, 9.17) is 10.5 Å². The number of anilines is 1. The molecule has 1 aromatic rings. The Labute approximate surface area is 145 Å². The van der Waals surface area contributed by atoms with Crippen molar-refractivity contribution >= 4 is 23.3 Å². The van der Waals surface area contributed by atoms with Crippen LogP contribution in [0, 0.1) is 22.0 Å². The first-order valence-electron chi connectivity index (χ1n) is 8.30. The quantitative estimate of drug-likeness (QED) is 0.364. The summed E-state index contributed by atoms with van der Waals surface area (Å²) in [4.78, 5) is 34.1. The highest BCUT2D eigenvalue weighted by Crippen LogP contribution is 2.29. The molecule has 8 nitrogen and oxygen atoms in total. The Bertz CT molecular complexity index is 676. The molecule has 0 radical (unpaired) electrons. The number of ether oxygens (including phenoxy) is 1. The van der Waals surface area contributed by atoms with E-state index < -0.39 is 17.5 Å². The van der Waals surface area contributed by atoms with Crippen LogP contribution in [0.5, 0.6) is 0 Å². The average Bonchev–Trinajstić information content (AvgIpc) is 2.56. The molecule has 1 amide bonds. The van der Waals surface area contributed by atoms with Crippen molar-refractivity contribution in [2.75, 3.05) is 12.3 Å². The van der Waals surface area contributed by atoms with Gasteiger partial charge in [-0.15, -0.1) is 0 Å². The topological polar surface area (TPSA) is 125 Å². The Morgan fingerprint density at radius 1 is 1.36 bits per heavy atom. The zero-order chi connectivity index (χ0) is 18.6. The summed E-state index contributed by atoms with van der Waals surface area (Å²) in [5.74, 6) is -0.229. The number of nitrogens with zero attached hydrogens (tertiary/aromatic N) is 1. The standard InChI is InChI=1S/C17H23N3O5/c1-10-4-3-5-15(11(10)2)19-16(21)9-25-17(22)13-7-6-12(20(23)24)8-14(13)18/h6-8,10-11,15H,3-5,9,18H2,1-2H3,(H,19,21). The third kappa shape index (κ3) is 4.68. The van der Waals surface area contributed by atoms with Gasteiger partial charge in [-0.25, -0.2) is 4.79 Å². The predicted molar refractivity (Wildman–Crippen MR) is 91.9 cm³/mol. The van der Waals surface area contributed by atoms with Crippen LogP contribution in [0.3, 0.4) is 0 Å². The molecule has 1 aromatic carbocycles. The smallest absolute Gasteiger partial charge is 0.340 e. The van der Waals surface area contributed by atoms with Gasteiger partial charge in [-0.2, -0.15) is 0 Å². The number of benzene rings is 1. The van der Waals surface area contributed by atoms with Crippen molar-refractivity contribution in [3.63, 3.8) is 0 Å². The molecule has 3 N–H and O–H groups in total. The van der Waals surface area contributed by atoms with Gasteiger partial charge in [-0.05, 0) is 24.3 Å². The van der Waals surface area contributed by atoms with E-state index in [-0.39, 0.29) is 28.9 Å². The first-order valence-corrected chi connectivity index (χ1v) is 8.30. The predicted octanol–water partition coefficient (Wildman–Crippen LogP) is 2.27. The fourth-order valence-corrected chi connectivity index (χ4v) is 3.09. The van der Waals surface area contributed by atoms with Gasteiger partial charge in [0.1, 0.15) is 0 Å². The van der Waals surface area contributed by atoms with Crippen molar-refractivity contribution in [1.82, 2.24) is 5.32 Å². The van der Waals surface area contributed by atoms with Crippen molar-refractivity contribution in [2.45, 2.75) is 39.2 Å². The number of esters is 1. The van der Waals surface area contributed by atoms with E-state index in [1.165, 1.54) is 6.07 Å². The number of amides is 1. The van der Waals surface area contributed by atoms with Crippen LogP contribution in [-0.2, 0) is 9.53 Å². The minimum atomic E-state index is -0.785. The zero-order valence-electron chi connectivity index (χ0n) is 14.4. The van der Waals surface area contributed by atoms with Gasteiger partial charge in [0.05, 0.1) is 16.2 Å². The lowest BCUT2D eigenvalue weighted by molar-refractivity contribution is -0.384. The molecular weight excluding hydrogens is 326 g/mol. The van der Waals surface area contributed by atoms with Crippen LogP contribution in [0.2, 0.25) is 0 Å². The van der Waals surface area contributed by atoms with Gasteiger partial charge >= 0.3 is 5.97 Å². The van der Waals surface area contributed by atoms with Crippen molar-refractivity contribution in [2.24, 2.45) is 11.8 Å². The monoisotopic (exact) mass is 349 g/mol. The van der Waals surface area contributed by atoms with E-state index >= 15 is 0 Å². The summed E-state index contributed by atoms with van der Waals surface area (Å²) in [5, 5.41) is 13.6. The van der Waals surface area contributed by atoms with Crippen molar-refractivity contribution < 1.29 is 19.2 Å². The van der Waals surface area contributed by atoms with Gasteiger partial charge in [-0.1, -0.05) is 26.7 Å². The van der Waals surface area contributed by atoms with E-state index in [0.717, 1.165) is 31.4 Å². The van der Waals surface area contributed by atoms with Gasteiger partial charge in [0.2, 0.25) is 0 Å². The number of nitrogen functional groups attached to an aromatic ring is 1. The third-order valence-electron chi connectivity index (χ3n) is 4.85. The molecule has 0 heterocycles. The van der Waals surface area contributed by atoms with Gasteiger partial charge in [-0.3, -0.25) is 14.9 Å². The summed E-state index contributed by atoms with van der Waals surface area (Å²) < 4.78 is 4.97. The Balaban J connectivity index is 1.89. The number of nitrogens with one attached hydrogen (secondary N) is 1. The van der Waals surface area contributed by atoms with Crippen LogP contribution in [0.25, 0.3) is 0 Å². The lowest BCUT2D eigenvalue weighted by atomic mass is 9.78. The number of nitro benzene ring substituents is 1. The van der Waals surface area contributed by atoms with Crippen LogP contribution in [0.4, 0.5) is 11.4 Å². The summed E-state index contributed by atoms with van der Waals surface area (Å²) in [5.41, 5.74) is 5.37. The van der Waals surface area contributed by atoms with Gasteiger partial charge in [0.15, 0.2) is 6.61 Å². The molecule has 25 heavy (non-hydrogen) atoms. The normalized spacial score (nSPS) is 22.9. The summed E-state index contributed by atoms with van der Waals surface area (Å²) >= 11 is 0. The second-order valence-corrected chi connectivity index (χ2v) is 6.55. The molecule has 8 heteroatoms. The molecule has 1 aliphatic rings. The summed E-state index contributed by atoms with van der Waals surface area (Å²) in [6.07, 6.45) is 3.14. The number of nitro groups is 1. The van der Waals surface area contributed by atoms with Crippen LogP contribution in [0.15, 0.2) is 18.2 Å². The molecule has 0 aromatic heterocycles. The number of carbonyl (C=O) groups excluding carboxylic acids is 2. The van der Waals surface area contributed by atoms with E-state index in [0.29, 0.717) is 11.8 Å². The number of nitrogens with two attached hydrogens (primary N) is 1. The molecular formula is C17H23N3O5. The molecule has 136 valence electrons. The molecule has 1 saturated carbocycles. The van der Waals surface area contributed by atoms with E-state index in [2.05, 4.69) is 19.2 Å². The molecule has 2 rings (SSSR count). The van der Waals surface area contributed by atoms with Gasteiger partial charge in [0, 0.05) is 18.2 Å². The van der Waals surface area contributed by atoms with Crippen LogP contribution in [-0.4, -0.2) is 29.4 Å². The first kappa shape index (κ1) is 18.7. The van der Waals surface area contributed by atoms with E-state index in [1.54, 1.807) is 0 Å². The highest BCUT2D eigenvalue weighted by atomic mass is 16.6.